The number of sulfonamides is 1. The van der Waals surface area contributed by atoms with Gasteiger partial charge in [0.05, 0.1) is 16.8 Å². The predicted molar refractivity (Wildman–Crippen MR) is 110 cm³/mol. The minimum absolute atomic E-state index is 0.210. The van der Waals surface area contributed by atoms with E-state index in [9.17, 15) is 13.2 Å². The van der Waals surface area contributed by atoms with Crippen molar-refractivity contribution < 1.29 is 13.2 Å². The molecule has 2 heterocycles. The summed E-state index contributed by atoms with van der Waals surface area (Å²) in [6.07, 6.45) is 1.82. The molecule has 0 saturated carbocycles. The number of fused-ring (bicyclic) bond motifs is 1. The highest BCUT2D eigenvalue weighted by molar-refractivity contribution is 7.98. The molecule has 2 aromatic heterocycles. The van der Waals surface area contributed by atoms with E-state index in [1.165, 1.54) is 11.8 Å². The molecule has 8 nitrogen and oxygen atoms in total. The van der Waals surface area contributed by atoms with Crippen LogP contribution < -0.4 is 16.2 Å². The smallest absolute Gasteiger partial charge is 0.260 e. The molecule has 0 spiro atoms. The number of hydrogen-bond donors (Lipinski definition) is 3. The Hall–Kier alpha value is -2.63. The fourth-order valence-corrected chi connectivity index (χ4v) is 4.33. The number of carbonyl (C=O) groups excluding carboxylic acids is 1. The number of amides is 1. The molecular weight excluding hydrogens is 406 g/mol. The molecule has 0 bridgehead atoms. The van der Waals surface area contributed by atoms with Crippen molar-refractivity contribution in [2.45, 2.75) is 5.16 Å². The van der Waals surface area contributed by atoms with Crippen LogP contribution in [0.25, 0.3) is 21.5 Å². The molecule has 0 saturated heterocycles. The molecule has 27 heavy (non-hydrogen) atoms. The second-order valence-electron chi connectivity index (χ2n) is 5.34. The zero-order valence-electron chi connectivity index (χ0n) is 14.1. The first-order valence-corrected chi connectivity index (χ1v) is 11.0. The van der Waals surface area contributed by atoms with Gasteiger partial charge in [-0.25, -0.2) is 18.4 Å². The van der Waals surface area contributed by atoms with Crippen LogP contribution in [0.1, 0.15) is 9.67 Å². The molecule has 0 aliphatic heterocycles. The lowest BCUT2D eigenvalue weighted by Crippen LogP contribution is -2.10. The van der Waals surface area contributed by atoms with Crippen LogP contribution in [0.4, 0.5) is 11.4 Å². The Morgan fingerprint density at radius 2 is 2.11 bits per heavy atom. The zero-order chi connectivity index (χ0) is 19.8. The topological polar surface area (TPSA) is 141 Å². The summed E-state index contributed by atoms with van der Waals surface area (Å²) < 4.78 is 25.9. The maximum Gasteiger partial charge on any atom is 0.260 e. The van der Waals surface area contributed by atoms with Gasteiger partial charge in [0.1, 0.15) is 9.71 Å². The van der Waals surface area contributed by atoms with E-state index >= 15 is 0 Å². The summed E-state index contributed by atoms with van der Waals surface area (Å²) in [4.78, 5) is 21.3. The predicted octanol–water partition coefficient (Wildman–Crippen LogP) is 2.65. The monoisotopic (exact) mass is 421 g/mol. The molecule has 0 aliphatic rings. The molecule has 1 aromatic carbocycles. The second kappa shape index (κ2) is 7.18. The van der Waals surface area contributed by atoms with Gasteiger partial charge in [0, 0.05) is 16.7 Å². The number of thioether (sulfide) groups is 1. The third-order valence-electron chi connectivity index (χ3n) is 3.59. The van der Waals surface area contributed by atoms with E-state index in [0.29, 0.717) is 32.3 Å². The van der Waals surface area contributed by atoms with Gasteiger partial charge in [-0.2, -0.15) is 0 Å². The summed E-state index contributed by atoms with van der Waals surface area (Å²) in [5.74, 6) is -0.639. The fraction of sp³-hybridized carbons (Fsp3) is 0.0625. The van der Waals surface area contributed by atoms with E-state index in [-0.39, 0.29) is 10.6 Å². The molecule has 3 aromatic rings. The van der Waals surface area contributed by atoms with Crippen LogP contribution in [-0.4, -0.2) is 30.5 Å². The lowest BCUT2D eigenvalue weighted by Gasteiger charge is -2.09. The number of carbonyl (C=O) groups is 1. The number of hydrogen-bond acceptors (Lipinski definition) is 8. The third-order valence-corrected chi connectivity index (χ3v) is 6.21. The molecule has 0 fully saturated rings. The second-order valence-corrected chi connectivity index (χ2v) is 8.74. The molecule has 1 amide bonds. The Morgan fingerprint density at radius 3 is 2.74 bits per heavy atom. The van der Waals surface area contributed by atoms with Gasteiger partial charge in [-0.3, -0.25) is 9.52 Å². The Bertz CT molecular complexity index is 1170. The van der Waals surface area contributed by atoms with Gasteiger partial charge < -0.3 is 11.5 Å². The number of nitrogens with two attached hydrogens (primary N) is 2. The Balaban J connectivity index is 2.24. The standard InChI is InChI=1S/C16H15N5O3S3/c1-3-27(23,24)21-9-6-4-5-8(7-9)12-10-11(17)13(14(18)22)26-15(10)20-16(19-12)25-2/h3-7,21H,1,17H2,2H3,(H2,18,22). The first-order valence-electron chi connectivity index (χ1n) is 7.45. The van der Waals surface area contributed by atoms with Crippen molar-refractivity contribution in [1.29, 1.82) is 0 Å². The molecule has 0 aliphatic carbocycles. The molecule has 140 valence electrons. The summed E-state index contributed by atoms with van der Waals surface area (Å²) in [7, 11) is -3.65. The summed E-state index contributed by atoms with van der Waals surface area (Å²) >= 11 is 2.44. The molecule has 0 unspecified atom stereocenters. The molecule has 0 atom stereocenters. The summed E-state index contributed by atoms with van der Waals surface area (Å²) in [6.45, 7) is 3.27. The fourth-order valence-electron chi connectivity index (χ4n) is 2.42. The average molecular weight is 422 g/mol. The quantitative estimate of drug-likeness (QED) is 0.410. The third kappa shape index (κ3) is 3.75. The molecule has 5 N–H and O–H groups in total. The van der Waals surface area contributed by atoms with Gasteiger partial charge >= 0.3 is 0 Å². The van der Waals surface area contributed by atoms with E-state index in [2.05, 4.69) is 21.3 Å². The highest BCUT2D eigenvalue weighted by Crippen LogP contribution is 2.39. The van der Waals surface area contributed by atoms with Crippen molar-refractivity contribution >= 4 is 60.6 Å². The molecular formula is C16H15N5O3S3. The van der Waals surface area contributed by atoms with Crippen molar-refractivity contribution in [1.82, 2.24) is 9.97 Å². The first-order chi connectivity index (χ1) is 12.8. The van der Waals surface area contributed by atoms with Crippen LogP contribution in [0.2, 0.25) is 0 Å². The summed E-state index contributed by atoms with van der Waals surface area (Å²) in [6, 6.07) is 6.66. The number of nitrogens with zero attached hydrogens (tertiary/aromatic N) is 2. The van der Waals surface area contributed by atoms with Gasteiger partial charge in [0.15, 0.2) is 5.16 Å². The SMILES string of the molecule is C=CS(=O)(=O)Nc1cccc(-c2nc(SC)nc3sc(C(N)=O)c(N)c23)c1. The molecule has 11 heteroatoms. The van der Waals surface area contributed by atoms with Gasteiger partial charge in [-0.05, 0) is 18.4 Å². The maximum absolute atomic E-state index is 11.7. The molecule has 3 rings (SSSR count). The Morgan fingerprint density at radius 1 is 1.37 bits per heavy atom. The highest BCUT2D eigenvalue weighted by atomic mass is 32.2. The number of primary amides is 1. The zero-order valence-corrected chi connectivity index (χ0v) is 16.5. The minimum Gasteiger partial charge on any atom is -0.397 e. The van der Waals surface area contributed by atoms with Crippen LogP contribution in [0.15, 0.2) is 41.4 Å². The van der Waals surface area contributed by atoms with Crippen LogP contribution in [-0.2, 0) is 10.0 Å². The lowest BCUT2D eigenvalue weighted by atomic mass is 10.1. The number of nitrogen functional groups attached to an aromatic ring is 1. The van der Waals surface area contributed by atoms with Crippen molar-refractivity contribution in [2.75, 3.05) is 16.7 Å². The number of benzene rings is 1. The Kier molecular flexibility index (Phi) is 5.09. The van der Waals surface area contributed by atoms with E-state index in [1.807, 2.05) is 6.26 Å². The number of aromatic nitrogens is 2. The maximum atomic E-state index is 11.7. The minimum atomic E-state index is -3.65. The van der Waals surface area contributed by atoms with E-state index in [0.717, 1.165) is 16.7 Å². The van der Waals surface area contributed by atoms with Gasteiger partial charge in [-0.1, -0.05) is 30.5 Å². The lowest BCUT2D eigenvalue weighted by molar-refractivity contribution is 0.100. The van der Waals surface area contributed by atoms with E-state index in [1.54, 1.807) is 24.3 Å². The van der Waals surface area contributed by atoms with Gasteiger partial charge in [0.2, 0.25) is 0 Å². The average Bonchev–Trinajstić information content (AvgIpc) is 2.98. The van der Waals surface area contributed by atoms with Crippen LogP contribution in [0, 0.1) is 0 Å². The highest BCUT2D eigenvalue weighted by Gasteiger charge is 2.21. The van der Waals surface area contributed by atoms with Gasteiger partial charge in [0.25, 0.3) is 15.9 Å². The van der Waals surface area contributed by atoms with Crippen LogP contribution >= 0.6 is 23.1 Å². The first kappa shape index (κ1) is 19.1. The van der Waals surface area contributed by atoms with Gasteiger partial charge in [-0.15, -0.1) is 11.3 Å². The molecule has 0 radical (unpaired) electrons. The summed E-state index contributed by atoms with van der Waals surface area (Å²) in [5.41, 5.74) is 13.2. The van der Waals surface area contributed by atoms with Crippen molar-refractivity contribution in [3.05, 3.63) is 41.1 Å². The number of thiophene rings is 1. The van der Waals surface area contributed by atoms with Crippen LogP contribution in [0.3, 0.4) is 0 Å². The number of nitrogens with one attached hydrogen (secondary N) is 1. The largest absolute Gasteiger partial charge is 0.397 e. The van der Waals surface area contributed by atoms with Crippen LogP contribution in [0.5, 0.6) is 0 Å². The van der Waals surface area contributed by atoms with E-state index < -0.39 is 15.9 Å². The summed E-state index contributed by atoms with van der Waals surface area (Å²) in [5, 5.41) is 1.83. The number of rotatable bonds is 6. The normalized spacial score (nSPS) is 11.4. The van der Waals surface area contributed by atoms with Crippen molar-refractivity contribution in [3.63, 3.8) is 0 Å². The van der Waals surface area contributed by atoms with E-state index in [4.69, 9.17) is 11.5 Å². The van der Waals surface area contributed by atoms with Crippen molar-refractivity contribution in [3.8, 4) is 11.3 Å². The van der Waals surface area contributed by atoms with Crippen molar-refractivity contribution in [2.24, 2.45) is 5.73 Å². The Labute approximate surface area is 163 Å². The number of anilines is 2.